The third-order valence-corrected chi connectivity index (χ3v) is 2.96. The highest BCUT2D eigenvalue weighted by atomic mass is 16.5. The van der Waals surface area contributed by atoms with E-state index >= 15 is 0 Å². The number of hydrogen-bond donors (Lipinski definition) is 1. The minimum Gasteiger partial charge on any atom is -0.506 e. The lowest BCUT2D eigenvalue weighted by Crippen LogP contribution is -1.93. The summed E-state index contributed by atoms with van der Waals surface area (Å²) in [5, 5.41) is 14.0. The fourth-order valence-electron chi connectivity index (χ4n) is 1.95. The fourth-order valence-corrected chi connectivity index (χ4v) is 1.95. The van der Waals surface area contributed by atoms with Crippen LogP contribution in [-0.4, -0.2) is 22.0 Å². The van der Waals surface area contributed by atoms with Crippen molar-refractivity contribution in [1.82, 2.24) is 9.78 Å². The number of methoxy groups -OCH3 is 1. The normalized spacial score (nSPS) is 10.3. The average Bonchev–Trinajstić information content (AvgIpc) is 2.96. The summed E-state index contributed by atoms with van der Waals surface area (Å²) in [7, 11) is 1.61. The van der Waals surface area contributed by atoms with E-state index in [0.29, 0.717) is 17.2 Å². The topological polar surface area (TPSA) is 56.5 Å². The third-order valence-electron chi connectivity index (χ3n) is 2.96. The van der Waals surface area contributed by atoms with E-state index in [2.05, 4.69) is 5.10 Å². The van der Waals surface area contributed by atoms with Crippen molar-refractivity contribution in [2.45, 2.75) is 0 Å². The molecule has 0 fully saturated rings. The number of aromatic nitrogens is 2. The molecule has 0 aliphatic carbocycles. The largest absolute Gasteiger partial charge is 0.506 e. The second-order valence-corrected chi connectivity index (χ2v) is 4.39. The van der Waals surface area contributed by atoms with Gasteiger partial charge in [-0.25, -0.2) is 4.68 Å². The Morgan fingerprint density at radius 2 is 1.81 bits per heavy atom. The Bertz CT molecular complexity index is 753. The number of phenols is 1. The number of ether oxygens (including phenoxy) is 2. The summed E-state index contributed by atoms with van der Waals surface area (Å²) >= 11 is 0. The second-order valence-electron chi connectivity index (χ2n) is 4.39. The Morgan fingerprint density at radius 3 is 2.62 bits per heavy atom. The first-order chi connectivity index (χ1) is 10.3. The molecule has 0 saturated carbocycles. The van der Waals surface area contributed by atoms with Crippen LogP contribution in [0.4, 0.5) is 0 Å². The Hall–Kier alpha value is -2.95. The molecule has 106 valence electrons. The smallest absolute Gasteiger partial charge is 0.165 e. The van der Waals surface area contributed by atoms with Gasteiger partial charge in [-0.2, -0.15) is 5.10 Å². The van der Waals surface area contributed by atoms with Gasteiger partial charge in [-0.05, 0) is 24.3 Å². The molecular weight excluding hydrogens is 268 g/mol. The van der Waals surface area contributed by atoms with Crippen LogP contribution >= 0.6 is 0 Å². The summed E-state index contributed by atoms with van der Waals surface area (Å²) in [6.45, 7) is 0. The standard InChI is InChI=1S/C16H14N2O3/c1-20-12-5-4-6-13(9-12)21-14-10-17-18(11-14)15-7-2-3-8-16(15)19/h2-11,19H,1H3. The number of hydrogen-bond acceptors (Lipinski definition) is 4. The number of rotatable bonds is 4. The lowest BCUT2D eigenvalue weighted by atomic mass is 10.3. The minimum absolute atomic E-state index is 0.161. The molecule has 1 heterocycles. The van der Waals surface area contributed by atoms with E-state index in [0.717, 1.165) is 5.75 Å². The zero-order valence-corrected chi connectivity index (χ0v) is 11.4. The Kier molecular flexibility index (Phi) is 3.47. The number of aromatic hydroxyl groups is 1. The summed E-state index contributed by atoms with van der Waals surface area (Å²) in [6, 6.07) is 14.3. The first-order valence-electron chi connectivity index (χ1n) is 6.41. The van der Waals surface area contributed by atoms with Crippen LogP contribution in [-0.2, 0) is 0 Å². The van der Waals surface area contributed by atoms with Crippen LogP contribution in [0.15, 0.2) is 60.9 Å². The van der Waals surface area contributed by atoms with Crippen molar-refractivity contribution in [3.8, 4) is 28.7 Å². The molecule has 0 spiro atoms. The summed E-state index contributed by atoms with van der Waals surface area (Å²) in [5.74, 6) is 2.12. The molecule has 0 aliphatic heterocycles. The van der Waals surface area contributed by atoms with Gasteiger partial charge in [-0.3, -0.25) is 0 Å². The van der Waals surface area contributed by atoms with E-state index in [-0.39, 0.29) is 5.75 Å². The van der Waals surface area contributed by atoms with Crippen molar-refractivity contribution in [1.29, 1.82) is 0 Å². The highest BCUT2D eigenvalue weighted by molar-refractivity contribution is 5.45. The van der Waals surface area contributed by atoms with Crippen LogP contribution < -0.4 is 9.47 Å². The molecule has 2 aromatic carbocycles. The van der Waals surface area contributed by atoms with Crippen molar-refractivity contribution >= 4 is 0 Å². The van der Waals surface area contributed by atoms with Crippen molar-refractivity contribution in [2.24, 2.45) is 0 Å². The molecule has 0 atom stereocenters. The maximum Gasteiger partial charge on any atom is 0.165 e. The minimum atomic E-state index is 0.161. The molecular formula is C16H14N2O3. The molecule has 5 heteroatoms. The van der Waals surface area contributed by atoms with Gasteiger partial charge in [-0.1, -0.05) is 18.2 Å². The Labute approximate surface area is 122 Å². The SMILES string of the molecule is COc1cccc(Oc2cnn(-c3ccccc3O)c2)c1. The van der Waals surface area contributed by atoms with Gasteiger partial charge in [0.1, 0.15) is 22.9 Å². The number of phenolic OH excluding ortho intramolecular Hbond substituents is 1. The fraction of sp³-hybridized carbons (Fsp3) is 0.0625. The second kappa shape index (κ2) is 5.58. The molecule has 0 radical (unpaired) electrons. The molecule has 1 N–H and O–H groups in total. The predicted molar refractivity (Wildman–Crippen MR) is 78.3 cm³/mol. The van der Waals surface area contributed by atoms with Crippen LogP contribution in [0.5, 0.6) is 23.0 Å². The summed E-state index contributed by atoms with van der Waals surface area (Å²) in [6.07, 6.45) is 3.29. The van der Waals surface area contributed by atoms with Crippen molar-refractivity contribution in [2.75, 3.05) is 7.11 Å². The molecule has 0 bridgehead atoms. The molecule has 5 nitrogen and oxygen atoms in total. The molecule has 21 heavy (non-hydrogen) atoms. The van der Waals surface area contributed by atoms with Gasteiger partial charge >= 0.3 is 0 Å². The van der Waals surface area contributed by atoms with Crippen molar-refractivity contribution < 1.29 is 14.6 Å². The highest BCUT2D eigenvalue weighted by Crippen LogP contribution is 2.27. The van der Waals surface area contributed by atoms with E-state index < -0.39 is 0 Å². The predicted octanol–water partition coefficient (Wildman–Crippen LogP) is 3.38. The van der Waals surface area contributed by atoms with Crippen LogP contribution in [0.1, 0.15) is 0 Å². The number of benzene rings is 2. The first kappa shape index (κ1) is 13.1. The lowest BCUT2D eigenvalue weighted by molar-refractivity contribution is 0.409. The Balaban J connectivity index is 1.84. The molecule has 0 aliphatic rings. The van der Waals surface area contributed by atoms with E-state index in [1.807, 2.05) is 24.3 Å². The van der Waals surface area contributed by atoms with Gasteiger partial charge in [0.15, 0.2) is 5.75 Å². The zero-order chi connectivity index (χ0) is 14.7. The quantitative estimate of drug-likeness (QED) is 0.797. The third kappa shape index (κ3) is 2.81. The molecule has 0 unspecified atom stereocenters. The van der Waals surface area contributed by atoms with Gasteiger partial charge in [0.25, 0.3) is 0 Å². The van der Waals surface area contributed by atoms with E-state index in [4.69, 9.17) is 9.47 Å². The summed E-state index contributed by atoms with van der Waals surface area (Å²) in [4.78, 5) is 0. The zero-order valence-electron chi connectivity index (χ0n) is 11.4. The van der Waals surface area contributed by atoms with Crippen molar-refractivity contribution in [3.63, 3.8) is 0 Å². The monoisotopic (exact) mass is 282 g/mol. The van der Waals surface area contributed by atoms with Crippen LogP contribution in [0.25, 0.3) is 5.69 Å². The Morgan fingerprint density at radius 1 is 1.00 bits per heavy atom. The van der Waals surface area contributed by atoms with Gasteiger partial charge in [0, 0.05) is 6.07 Å². The first-order valence-corrected chi connectivity index (χ1v) is 6.41. The molecule has 3 rings (SSSR count). The molecule has 0 saturated heterocycles. The molecule has 1 aromatic heterocycles. The van der Waals surface area contributed by atoms with Gasteiger partial charge in [0.2, 0.25) is 0 Å². The summed E-state index contributed by atoms with van der Waals surface area (Å²) in [5.41, 5.74) is 0.595. The van der Waals surface area contributed by atoms with Gasteiger partial charge < -0.3 is 14.6 Å². The average molecular weight is 282 g/mol. The number of para-hydroxylation sites is 2. The van der Waals surface area contributed by atoms with Crippen LogP contribution in [0.3, 0.4) is 0 Å². The summed E-state index contributed by atoms with van der Waals surface area (Å²) < 4.78 is 12.4. The van der Waals surface area contributed by atoms with E-state index in [1.54, 1.807) is 48.5 Å². The van der Waals surface area contributed by atoms with Crippen molar-refractivity contribution in [3.05, 3.63) is 60.9 Å². The molecule has 0 amide bonds. The van der Waals surface area contributed by atoms with E-state index in [9.17, 15) is 5.11 Å². The maximum absolute atomic E-state index is 9.81. The molecule has 3 aromatic rings. The van der Waals surface area contributed by atoms with Crippen LogP contribution in [0, 0.1) is 0 Å². The lowest BCUT2D eigenvalue weighted by Gasteiger charge is -2.05. The van der Waals surface area contributed by atoms with Crippen LogP contribution in [0.2, 0.25) is 0 Å². The maximum atomic E-state index is 9.81. The van der Waals surface area contributed by atoms with Gasteiger partial charge in [-0.15, -0.1) is 0 Å². The van der Waals surface area contributed by atoms with E-state index in [1.165, 1.54) is 0 Å². The van der Waals surface area contributed by atoms with Gasteiger partial charge in [0.05, 0.1) is 19.5 Å². The number of nitrogens with zero attached hydrogens (tertiary/aromatic N) is 2. The highest BCUT2D eigenvalue weighted by Gasteiger charge is 2.06.